The van der Waals surface area contributed by atoms with Crippen molar-refractivity contribution >= 4 is 11.0 Å². The van der Waals surface area contributed by atoms with E-state index in [1.54, 1.807) is 7.11 Å². The van der Waals surface area contributed by atoms with Crippen molar-refractivity contribution in [2.24, 2.45) is 5.92 Å². The van der Waals surface area contributed by atoms with Crippen molar-refractivity contribution in [1.82, 2.24) is 5.32 Å². The molecular formula is C16H23NO2. The van der Waals surface area contributed by atoms with Gasteiger partial charge in [-0.3, -0.25) is 0 Å². The van der Waals surface area contributed by atoms with Crippen LogP contribution in [0.4, 0.5) is 0 Å². The molecule has 0 amide bonds. The highest BCUT2D eigenvalue weighted by Crippen LogP contribution is 2.22. The van der Waals surface area contributed by atoms with Crippen LogP contribution in [0.25, 0.3) is 11.0 Å². The molecule has 3 heteroatoms. The van der Waals surface area contributed by atoms with E-state index in [4.69, 9.17) is 9.15 Å². The number of hydrogen-bond donors (Lipinski definition) is 1. The van der Waals surface area contributed by atoms with Gasteiger partial charge >= 0.3 is 0 Å². The molecule has 1 atom stereocenters. The summed E-state index contributed by atoms with van der Waals surface area (Å²) in [5.74, 6) is 1.63. The smallest absolute Gasteiger partial charge is 0.134 e. The summed E-state index contributed by atoms with van der Waals surface area (Å²) in [4.78, 5) is 0. The van der Waals surface area contributed by atoms with Crippen molar-refractivity contribution in [3.05, 3.63) is 35.6 Å². The van der Waals surface area contributed by atoms with Crippen LogP contribution < -0.4 is 5.32 Å². The first-order valence-electron chi connectivity index (χ1n) is 6.88. The van der Waals surface area contributed by atoms with E-state index in [0.29, 0.717) is 5.92 Å². The highest BCUT2D eigenvalue weighted by molar-refractivity contribution is 5.78. The van der Waals surface area contributed by atoms with Crippen molar-refractivity contribution in [2.75, 3.05) is 26.8 Å². The van der Waals surface area contributed by atoms with Gasteiger partial charge in [-0.25, -0.2) is 0 Å². The maximum absolute atomic E-state index is 5.87. The topological polar surface area (TPSA) is 34.4 Å². The fourth-order valence-corrected chi connectivity index (χ4v) is 2.26. The molecule has 19 heavy (non-hydrogen) atoms. The second-order valence-corrected chi connectivity index (χ2v) is 5.26. The third-order valence-corrected chi connectivity index (χ3v) is 3.25. The quantitative estimate of drug-likeness (QED) is 0.777. The summed E-state index contributed by atoms with van der Waals surface area (Å²) in [7, 11) is 1.72. The van der Waals surface area contributed by atoms with Gasteiger partial charge in [0.1, 0.15) is 11.3 Å². The molecule has 1 aromatic carbocycles. The molecule has 0 aliphatic carbocycles. The van der Waals surface area contributed by atoms with Gasteiger partial charge in [-0.05, 0) is 37.6 Å². The lowest BCUT2D eigenvalue weighted by atomic mass is 10.1. The summed E-state index contributed by atoms with van der Waals surface area (Å²) in [6.07, 6.45) is 0.966. The molecule has 3 nitrogen and oxygen atoms in total. The highest BCUT2D eigenvalue weighted by Gasteiger charge is 2.08. The molecule has 0 bridgehead atoms. The lowest BCUT2D eigenvalue weighted by Gasteiger charge is -2.10. The molecule has 104 valence electrons. The van der Waals surface area contributed by atoms with Gasteiger partial charge in [0.25, 0.3) is 0 Å². The molecule has 0 saturated heterocycles. The second-order valence-electron chi connectivity index (χ2n) is 5.26. The minimum atomic E-state index is 0.554. The predicted molar refractivity (Wildman–Crippen MR) is 78.6 cm³/mol. The fraction of sp³-hybridized carbons (Fsp3) is 0.500. The number of nitrogens with one attached hydrogen (secondary N) is 1. The van der Waals surface area contributed by atoms with E-state index in [1.807, 2.05) is 0 Å². The van der Waals surface area contributed by atoms with Gasteiger partial charge in [-0.15, -0.1) is 0 Å². The first-order chi connectivity index (χ1) is 9.19. The maximum Gasteiger partial charge on any atom is 0.134 e. The summed E-state index contributed by atoms with van der Waals surface area (Å²) < 4.78 is 10.9. The largest absolute Gasteiger partial charge is 0.461 e. The van der Waals surface area contributed by atoms with E-state index >= 15 is 0 Å². The van der Waals surface area contributed by atoms with Crippen molar-refractivity contribution in [1.29, 1.82) is 0 Å². The maximum atomic E-state index is 5.87. The van der Waals surface area contributed by atoms with Crippen molar-refractivity contribution in [3.8, 4) is 0 Å². The minimum Gasteiger partial charge on any atom is -0.461 e. The molecule has 0 radical (unpaired) electrons. The molecule has 2 rings (SSSR count). The first-order valence-corrected chi connectivity index (χ1v) is 6.88. The number of benzene rings is 1. The van der Waals surface area contributed by atoms with Gasteiger partial charge in [0.15, 0.2) is 0 Å². The first kappa shape index (κ1) is 14.1. The van der Waals surface area contributed by atoms with Gasteiger partial charge in [0, 0.05) is 25.5 Å². The van der Waals surface area contributed by atoms with Gasteiger partial charge in [0.05, 0.1) is 6.61 Å². The molecule has 1 heterocycles. The number of methoxy groups -OCH3 is 1. The normalized spacial score (nSPS) is 13.0. The van der Waals surface area contributed by atoms with Gasteiger partial charge in [0.2, 0.25) is 0 Å². The van der Waals surface area contributed by atoms with Crippen LogP contribution in [-0.4, -0.2) is 26.8 Å². The van der Waals surface area contributed by atoms with E-state index in [-0.39, 0.29) is 0 Å². The summed E-state index contributed by atoms with van der Waals surface area (Å²) in [6, 6.07) is 8.47. The molecule has 2 aromatic rings. The summed E-state index contributed by atoms with van der Waals surface area (Å²) in [5.41, 5.74) is 2.26. The van der Waals surface area contributed by atoms with Crippen LogP contribution >= 0.6 is 0 Å². The Morgan fingerprint density at radius 1 is 1.32 bits per heavy atom. The van der Waals surface area contributed by atoms with Crippen LogP contribution in [0.3, 0.4) is 0 Å². The van der Waals surface area contributed by atoms with Crippen LogP contribution in [0.1, 0.15) is 18.2 Å². The monoisotopic (exact) mass is 261 g/mol. The molecule has 0 spiro atoms. The van der Waals surface area contributed by atoms with Gasteiger partial charge in [-0.1, -0.05) is 18.6 Å². The SMILES string of the molecule is COCCNCC(C)Cc1cc2cc(C)ccc2o1. The molecule has 0 saturated carbocycles. The third kappa shape index (κ3) is 4.08. The molecule has 0 fully saturated rings. The van der Waals surface area contributed by atoms with Crippen molar-refractivity contribution < 1.29 is 9.15 Å². The Labute approximate surface area is 114 Å². The second kappa shape index (κ2) is 6.73. The van der Waals surface area contributed by atoms with E-state index in [0.717, 1.165) is 37.5 Å². The molecule has 0 aliphatic heterocycles. The zero-order valence-corrected chi connectivity index (χ0v) is 12.0. The van der Waals surface area contributed by atoms with Crippen molar-refractivity contribution in [2.45, 2.75) is 20.3 Å². The Bertz CT molecular complexity index is 518. The lowest BCUT2D eigenvalue weighted by molar-refractivity contribution is 0.198. The average molecular weight is 261 g/mol. The molecular weight excluding hydrogens is 238 g/mol. The summed E-state index contributed by atoms with van der Waals surface area (Å²) >= 11 is 0. The Morgan fingerprint density at radius 3 is 2.95 bits per heavy atom. The molecule has 1 aromatic heterocycles. The number of furan rings is 1. The van der Waals surface area contributed by atoms with Crippen LogP contribution in [0, 0.1) is 12.8 Å². The van der Waals surface area contributed by atoms with E-state index in [9.17, 15) is 0 Å². The Hall–Kier alpha value is -1.32. The standard InChI is InChI=1S/C16H23NO2/c1-12-4-5-16-14(8-12)10-15(19-16)9-13(2)11-17-6-7-18-3/h4-5,8,10,13,17H,6-7,9,11H2,1-3H3. The van der Waals surface area contributed by atoms with Crippen LogP contribution in [0.2, 0.25) is 0 Å². The highest BCUT2D eigenvalue weighted by atomic mass is 16.5. The average Bonchev–Trinajstić information content (AvgIpc) is 2.76. The van der Waals surface area contributed by atoms with Crippen LogP contribution in [0.5, 0.6) is 0 Å². The van der Waals surface area contributed by atoms with E-state index < -0.39 is 0 Å². The van der Waals surface area contributed by atoms with Crippen LogP contribution in [0.15, 0.2) is 28.7 Å². The summed E-state index contributed by atoms with van der Waals surface area (Å²) in [5, 5.41) is 4.59. The zero-order chi connectivity index (χ0) is 13.7. The zero-order valence-electron chi connectivity index (χ0n) is 12.0. The molecule has 1 unspecified atom stereocenters. The Kier molecular flexibility index (Phi) is 5.00. The predicted octanol–water partition coefficient (Wildman–Crippen LogP) is 3.16. The number of fused-ring (bicyclic) bond motifs is 1. The number of rotatable bonds is 7. The van der Waals surface area contributed by atoms with E-state index in [1.165, 1.54) is 10.9 Å². The van der Waals surface area contributed by atoms with Crippen molar-refractivity contribution in [3.63, 3.8) is 0 Å². The minimum absolute atomic E-state index is 0.554. The van der Waals surface area contributed by atoms with Crippen LogP contribution in [-0.2, 0) is 11.2 Å². The molecule has 0 aliphatic rings. The fourth-order valence-electron chi connectivity index (χ4n) is 2.26. The van der Waals surface area contributed by atoms with Gasteiger partial charge in [-0.2, -0.15) is 0 Å². The number of ether oxygens (including phenoxy) is 1. The lowest BCUT2D eigenvalue weighted by Crippen LogP contribution is -2.25. The van der Waals surface area contributed by atoms with Gasteiger partial charge < -0.3 is 14.5 Å². The Balaban J connectivity index is 1.89. The molecule has 1 N–H and O–H groups in total. The summed E-state index contributed by atoms with van der Waals surface area (Å²) in [6.45, 7) is 6.99. The Morgan fingerprint density at radius 2 is 2.16 bits per heavy atom. The number of hydrogen-bond acceptors (Lipinski definition) is 3. The van der Waals surface area contributed by atoms with E-state index in [2.05, 4.69) is 43.4 Å². The third-order valence-electron chi connectivity index (χ3n) is 3.25. The number of aryl methyl sites for hydroxylation is 1.